The summed E-state index contributed by atoms with van der Waals surface area (Å²) in [5.41, 5.74) is 3.89. The van der Waals surface area contributed by atoms with E-state index in [9.17, 15) is 0 Å². The lowest BCUT2D eigenvalue weighted by Gasteiger charge is -2.18. The molecule has 0 saturated carbocycles. The maximum atomic E-state index is 5.94. The Bertz CT molecular complexity index is 546. The zero-order valence-electron chi connectivity index (χ0n) is 12.1. The van der Waals surface area contributed by atoms with Gasteiger partial charge < -0.3 is 9.73 Å². The van der Waals surface area contributed by atoms with Crippen LogP contribution in [-0.4, -0.2) is 7.05 Å². The minimum absolute atomic E-state index is 0.180. The van der Waals surface area contributed by atoms with Crippen molar-refractivity contribution in [3.63, 3.8) is 0 Å². The second-order valence-corrected chi connectivity index (χ2v) is 5.85. The minimum Gasteiger partial charge on any atom is -0.459 e. The smallest absolute Gasteiger partial charge is 0.134 e. The van der Waals surface area contributed by atoms with Crippen molar-refractivity contribution in [1.82, 2.24) is 5.32 Å². The molecule has 0 aliphatic heterocycles. The Morgan fingerprint density at radius 2 is 1.94 bits per heavy atom. The third-order valence-corrected chi connectivity index (χ3v) is 3.43. The Hall–Kier alpha value is -1.28. The molecule has 1 heterocycles. The molecule has 0 spiro atoms. The summed E-state index contributed by atoms with van der Waals surface area (Å²) in [6.07, 6.45) is 1.01. The van der Waals surface area contributed by atoms with Gasteiger partial charge in [0.15, 0.2) is 0 Å². The van der Waals surface area contributed by atoms with E-state index < -0.39 is 0 Å². The number of hydrogen-bond acceptors (Lipinski definition) is 2. The zero-order chi connectivity index (χ0) is 13.3. The van der Waals surface area contributed by atoms with Crippen LogP contribution in [0, 0.1) is 0 Å². The van der Waals surface area contributed by atoms with E-state index in [0.717, 1.165) is 24.3 Å². The van der Waals surface area contributed by atoms with E-state index >= 15 is 0 Å². The highest BCUT2D eigenvalue weighted by molar-refractivity contribution is 5.83. The van der Waals surface area contributed by atoms with Gasteiger partial charge in [-0.25, -0.2) is 0 Å². The highest BCUT2D eigenvalue weighted by Crippen LogP contribution is 2.31. The Morgan fingerprint density at radius 3 is 2.50 bits per heavy atom. The molecular formula is C16H23NO. The lowest BCUT2D eigenvalue weighted by molar-refractivity contribution is 0.524. The van der Waals surface area contributed by atoms with Gasteiger partial charge in [0.2, 0.25) is 0 Å². The van der Waals surface area contributed by atoms with Crippen molar-refractivity contribution in [3.8, 4) is 0 Å². The van der Waals surface area contributed by atoms with Crippen LogP contribution >= 0.6 is 0 Å². The molecule has 18 heavy (non-hydrogen) atoms. The van der Waals surface area contributed by atoms with Crippen LogP contribution in [0.1, 0.15) is 44.6 Å². The van der Waals surface area contributed by atoms with Crippen LogP contribution in [0.2, 0.25) is 0 Å². The predicted octanol–water partition coefficient (Wildman–Crippen LogP) is 4.01. The summed E-state index contributed by atoms with van der Waals surface area (Å²) < 4.78 is 5.94. The van der Waals surface area contributed by atoms with E-state index in [1.165, 1.54) is 16.5 Å². The molecule has 0 unspecified atom stereocenters. The predicted molar refractivity (Wildman–Crippen MR) is 77.1 cm³/mol. The summed E-state index contributed by atoms with van der Waals surface area (Å²) in [6.45, 7) is 9.72. The van der Waals surface area contributed by atoms with Crippen molar-refractivity contribution < 1.29 is 4.42 Å². The third-order valence-electron chi connectivity index (χ3n) is 3.43. The molecule has 2 heteroatoms. The van der Waals surface area contributed by atoms with E-state index in [0.29, 0.717) is 0 Å². The molecule has 1 aromatic heterocycles. The van der Waals surface area contributed by atoms with Gasteiger partial charge in [-0.3, -0.25) is 0 Å². The molecule has 1 aromatic carbocycles. The molecule has 0 fully saturated rings. The molecule has 0 bridgehead atoms. The quantitative estimate of drug-likeness (QED) is 0.883. The lowest BCUT2D eigenvalue weighted by atomic mass is 9.86. The highest BCUT2D eigenvalue weighted by Gasteiger charge is 2.17. The Labute approximate surface area is 109 Å². The van der Waals surface area contributed by atoms with Gasteiger partial charge in [0.1, 0.15) is 11.3 Å². The fourth-order valence-electron chi connectivity index (χ4n) is 2.36. The van der Waals surface area contributed by atoms with Crippen LogP contribution in [0.3, 0.4) is 0 Å². The summed E-state index contributed by atoms with van der Waals surface area (Å²) in [5.74, 6) is 1.07. The number of nitrogens with one attached hydrogen (secondary N) is 1. The fourth-order valence-corrected chi connectivity index (χ4v) is 2.36. The molecule has 2 rings (SSSR count). The molecule has 0 saturated heterocycles. The Morgan fingerprint density at radius 1 is 1.22 bits per heavy atom. The summed E-state index contributed by atoms with van der Waals surface area (Å²) in [7, 11) is 1.95. The lowest BCUT2D eigenvalue weighted by Crippen LogP contribution is -2.10. The third kappa shape index (κ3) is 2.30. The first-order valence-electron chi connectivity index (χ1n) is 6.66. The van der Waals surface area contributed by atoms with Gasteiger partial charge >= 0.3 is 0 Å². The summed E-state index contributed by atoms with van der Waals surface area (Å²) >= 11 is 0. The molecule has 0 amide bonds. The number of aryl methyl sites for hydroxylation is 1. The number of benzene rings is 1. The molecular weight excluding hydrogens is 222 g/mol. The van der Waals surface area contributed by atoms with Crippen LogP contribution < -0.4 is 5.32 Å². The van der Waals surface area contributed by atoms with E-state index in [4.69, 9.17) is 4.42 Å². The first-order valence-corrected chi connectivity index (χ1v) is 6.66. The molecule has 0 aliphatic carbocycles. The van der Waals surface area contributed by atoms with Gasteiger partial charge in [-0.05, 0) is 36.6 Å². The summed E-state index contributed by atoms with van der Waals surface area (Å²) in [5, 5.41) is 4.44. The number of fused-ring (bicyclic) bond motifs is 1. The van der Waals surface area contributed by atoms with Gasteiger partial charge in [0.25, 0.3) is 0 Å². The van der Waals surface area contributed by atoms with Crippen molar-refractivity contribution >= 4 is 11.0 Å². The molecule has 2 nitrogen and oxygen atoms in total. The molecule has 2 aromatic rings. The van der Waals surface area contributed by atoms with Crippen molar-refractivity contribution in [2.75, 3.05) is 7.05 Å². The van der Waals surface area contributed by atoms with Crippen molar-refractivity contribution in [1.29, 1.82) is 0 Å². The molecule has 0 aliphatic rings. The summed E-state index contributed by atoms with van der Waals surface area (Å²) in [6, 6.07) is 6.57. The maximum Gasteiger partial charge on any atom is 0.134 e. The van der Waals surface area contributed by atoms with Gasteiger partial charge in [0.05, 0.1) is 6.54 Å². The highest BCUT2D eigenvalue weighted by atomic mass is 16.3. The van der Waals surface area contributed by atoms with E-state index in [-0.39, 0.29) is 5.41 Å². The molecule has 98 valence electrons. The fraction of sp³-hybridized carbons (Fsp3) is 0.500. The average molecular weight is 245 g/mol. The Balaban J connectivity index is 2.61. The normalized spacial score (nSPS) is 12.3. The minimum atomic E-state index is 0.180. The maximum absolute atomic E-state index is 5.94. The SMILES string of the molecule is CCc1c(CNC)oc2ccc(C(C)(C)C)cc12. The Kier molecular flexibility index (Phi) is 3.49. The van der Waals surface area contributed by atoms with Crippen molar-refractivity contribution in [2.45, 2.75) is 46.1 Å². The number of hydrogen-bond donors (Lipinski definition) is 1. The molecule has 1 N–H and O–H groups in total. The first kappa shape index (κ1) is 13.2. The van der Waals surface area contributed by atoms with Crippen LogP contribution in [0.25, 0.3) is 11.0 Å². The largest absolute Gasteiger partial charge is 0.459 e. The second kappa shape index (κ2) is 4.77. The van der Waals surface area contributed by atoms with Crippen molar-refractivity contribution in [2.24, 2.45) is 0 Å². The number of furan rings is 1. The molecule has 0 atom stereocenters. The van der Waals surface area contributed by atoms with Crippen LogP contribution in [-0.2, 0) is 18.4 Å². The second-order valence-electron chi connectivity index (χ2n) is 5.85. The van der Waals surface area contributed by atoms with Crippen LogP contribution in [0.5, 0.6) is 0 Å². The van der Waals surface area contributed by atoms with Gasteiger partial charge in [0, 0.05) is 10.9 Å². The zero-order valence-corrected chi connectivity index (χ0v) is 12.1. The number of rotatable bonds is 3. The van der Waals surface area contributed by atoms with E-state index in [2.05, 4.69) is 51.2 Å². The van der Waals surface area contributed by atoms with Gasteiger partial charge in [-0.2, -0.15) is 0 Å². The van der Waals surface area contributed by atoms with E-state index in [1.807, 2.05) is 7.05 Å². The van der Waals surface area contributed by atoms with Crippen LogP contribution in [0.4, 0.5) is 0 Å². The molecule has 0 radical (unpaired) electrons. The van der Waals surface area contributed by atoms with Crippen LogP contribution in [0.15, 0.2) is 22.6 Å². The monoisotopic (exact) mass is 245 g/mol. The average Bonchev–Trinajstić information content (AvgIpc) is 2.64. The first-order chi connectivity index (χ1) is 8.47. The van der Waals surface area contributed by atoms with E-state index in [1.54, 1.807) is 0 Å². The topological polar surface area (TPSA) is 25.2 Å². The standard InChI is InChI=1S/C16H23NO/c1-6-12-13-9-11(16(2,3)4)7-8-14(13)18-15(12)10-17-5/h7-9,17H,6,10H2,1-5H3. The van der Waals surface area contributed by atoms with Gasteiger partial charge in [-0.1, -0.05) is 33.8 Å². The van der Waals surface area contributed by atoms with Crippen molar-refractivity contribution in [3.05, 3.63) is 35.1 Å². The summed E-state index contributed by atoms with van der Waals surface area (Å²) in [4.78, 5) is 0. The van der Waals surface area contributed by atoms with Gasteiger partial charge in [-0.15, -0.1) is 0 Å².